The van der Waals surface area contributed by atoms with E-state index in [0.717, 1.165) is 20.0 Å². The van der Waals surface area contributed by atoms with Crippen molar-refractivity contribution in [3.8, 4) is 0 Å². The molecule has 0 heterocycles. The second kappa shape index (κ2) is 10.4. The SMILES string of the molecule is CC(=O)O.CCCOC. The predicted octanol–water partition coefficient (Wildman–Crippen LogP) is 1.13. The molecule has 9 heavy (non-hydrogen) atoms. The van der Waals surface area contributed by atoms with E-state index in [4.69, 9.17) is 14.6 Å². The topological polar surface area (TPSA) is 46.5 Å². The lowest BCUT2D eigenvalue weighted by atomic mass is 10.5. The molecule has 0 fully saturated rings. The van der Waals surface area contributed by atoms with Gasteiger partial charge in [0.2, 0.25) is 0 Å². The maximum atomic E-state index is 9.00. The fourth-order valence-electron chi connectivity index (χ4n) is 0.204. The summed E-state index contributed by atoms with van der Waals surface area (Å²) in [4.78, 5) is 9.00. The van der Waals surface area contributed by atoms with Gasteiger partial charge in [0.15, 0.2) is 0 Å². The van der Waals surface area contributed by atoms with Crippen LogP contribution in [0.3, 0.4) is 0 Å². The second-order valence-electron chi connectivity index (χ2n) is 1.51. The number of carbonyl (C=O) groups is 1. The summed E-state index contributed by atoms with van der Waals surface area (Å²) in [5.74, 6) is -0.833. The van der Waals surface area contributed by atoms with Crippen LogP contribution in [0.4, 0.5) is 0 Å². The molecule has 3 nitrogen and oxygen atoms in total. The van der Waals surface area contributed by atoms with Crippen molar-refractivity contribution in [3.05, 3.63) is 0 Å². The fourth-order valence-corrected chi connectivity index (χ4v) is 0.204. The monoisotopic (exact) mass is 134 g/mol. The van der Waals surface area contributed by atoms with Gasteiger partial charge in [0.05, 0.1) is 0 Å². The Morgan fingerprint density at radius 2 is 2.00 bits per heavy atom. The summed E-state index contributed by atoms with van der Waals surface area (Å²) in [6.45, 7) is 4.06. The number of carboxylic acid groups (broad SMARTS) is 1. The molecular weight excluding hydrogens is 120 g/mol. The molecule has 3 heteroatoms. The van der Waals surface area contributed by atoms with E-state index in [1.54, 1.807) is 7.11 Å². The van der Waals surface area contributed by atoms with Crippen molar-refractivity contribution in [1.29, 1.82) is 0 Å². The molecule has 0 aromatic rings. The predicted molar refractivity (Wildman–Crippen MR) is 35.5 cm³/mol. The minimum absolute atomic E-state index is 0.833. The number of hydrogen-bond acceptors (Lipinski definition) is 2. The first-order chi connectivity index (χ1) is 4.15. The highest BCUT2D eigenvalue weighted by atomic mass is 16.5. The fraction of sp³-hybridized carbons (Fsp3) is 0.833. The number of methoxy groups -OCH3 is 1. The molecule has 0 amide bonds. The molecular formula is C6H14O3. The molecule has 56 valence electrons. The van der Waals surface area contributed by atoms with Gasteiger partial charge in [-0.2, -0.15) is 0 Å². The number of carboxylic acids is 1. The zero-order chi connectivity index (χ0) is 7.70. The zero-order valence-corrected chi connectivity index (χ0v) is 6.18. The summed E-state index contributed by atoms with van der Waals surface area (Å²) in [6.07, 6.45) is 1.12. The summed E-state index contributed by atoms with van der Waals surface area (Å²) in [5.41, 5.74) is 0. The normalized spacial score (nSPS) is 7.44. The first-order valence-electron chi connectivity index (χ1n) is 2.83. The number of aliphatic carboxylic acids is 1. The summed E-state index contributed by atoms with van der Waals surface area (Å²) >= 11 is 0. The first kappa shape index (κ1) is 11.3. The van der Waals surface area contributed by atoms with Crippen LogP contribution < -0.4 is 0 Å². The third-order valence-corrected chi connectivity index (χ3v) is 0.408. The Morgan fingerprint density at radius 1 is 1.67 bits per heavy atom. The van der Waals surface area contributed by atoms with Gasteiger partial charge in [0.25, 0.3) is 5.97 Å². The van der Waals surface area contributed by atoms with Crippen LogP contribution in [0.2, 0.25) is 0 Å². The van der Waals surface area contributed by atoms with Gasteiger partial charge in [-0.25, -0.2) is 0 Å². The summed E-state index contributed by atoms with van der Waals surface area (Å²) in [7, 11) is 1.71. The summed E-state index contributed by atoms with van der Waals surface area (Å²) in [6, 6.07) is 0. The Balaban J connectivity index is 0. The molecule has 0 radical (unpaired) electrons. The van der Waals surface area contributed by atoms with E-state index in [-0.39, 0.29) is 0 Å². The molecule has 0 aromatic heterocycles. The highest BCUT2D eigenvalue weighted by Gasteiger charge is 1.66. The molecule has 0 aliphatic carbocycles. The Hall–Kier alpha value is -0.570. The highest BCUT2D eigenvalue weighted by Crippen LogP contribution is 1.70. The minimum Gasteiger partial charge on any atom is -0.481 e. The molecule has 0 atom stereocenters. The van der Waals surface area contributed by atoms with E-state index in [0.29, 0.717) is 0 Å². The average molecular weight is 134 g/mol. The molecule has 0 saturated carbocycles. The van der Waals surface area contributed by atoms with Crippen molar-refractivity contribution in [3.63, 3.8) is 0 Å². The van der Waals surface area contributed by atoms with Crippen molar-refractivity contribution in [1.82, 2.24) is 0 Å². The average Bonchev–Trinajstić information content (AvgIpc) is 1.66. The lowest BCUT2D eigenvalue weighted by Gasteiger charge is -1.84. The lowest BCUT2D eigenvalue weighted by Crippen LogP contribution is -1.80. The maximum Gasteiger partial charge on any atom is 0.300 e. The molecule has 1 N–H and O–H groups in total. The van der Waals surface area contributed by atoms with Gasteiger partial charge in [-0.1, -0.05) is 6.92 Å². The largest absolute Gasteiger partial charge is 0.481 e. The number of rotatable bonds is 2. The smallest absolute Gasteiger partial charge is 0.300 e. The Bertz CT molecular complexity index is 55.3. The van der Waals surface area contributed by atoms with E-state index in [9.17, 15) is 0 Å². The highest BCUT2D eigenvalue weighted by molar-refractivity contribution is 5.62. The van der Waals surface area contributed by atoms with Gasteiger partial charge in [0.1, 0.15) is 0 Å². The molecule has 0 aliphatic rings. The van der Waals surface area contributed by atoms with Gasteiger partial charge in [-0.3, -0.25) is 4.79 Å². The standard InChI is InChI=1S/C4H10O.C2H4O2/c1-3-4-5-2;1-2(3)4/h3-4H2,1-2H3;1H3,(H,3,4). The van der Waals surface area contributed by atoms with Crippen LogP contribution in [0.1, 0.15) is 20.3 Å². The minimum atomic E-state index is -0.833. The Kier molecular flexibility index (Phi) is 13.0. The van der Waals surface area contributed by atoms with Crippen molar-refractivity contribution >= 4 is 5.97 Å². The molecule has 0 aliphatic heterocycles. The van der Waals surface area contributed by atoms with Crippen molar-refractivity contribution in [2.45, 2.75) is 20.3 Å². The van der Waals surface area contributed by atoms with Crippen LogP contribution in [0.15, 0.2) is 0 Å². The van der Waals surface area contributed by atoms with Crippen LogP contribution in [0.5, 0.6) is 0 Å². The van der Waals surface area contributed by atoms with E-state index in [2.05, 4.69) is 6.92 Å². The number of ether oxygens (including phenoxy) is 1. The number of hydrogen-bond donors (Lipinski definition) is 1. The van der Waals surface area contributed by atoms with Crippen LogP contribution in [0, 0.1) is 0 Å². The Labute approximate surface area is 55.6 Å². The van der Waals surface area contributed by atoms with E-state index >= 15 is 0 Å². The van der Waals surface area contributed by atoms with Crippen molar-refractivity contribution in [2.75, 3.05) is 13.7 Å². The first-order valence-corrected chi connectivity index (χ1v) is 2.83. The van der Waals surface area contributed by atoms with Gasteiger partial charge in [-0.15, -0.1) is 0 Å². The third kappa shape index (κ3) is 107. The zero-order valence-electron chi connectivity index (χ0n) is 6.18. The van der Waals surface area contributed by atoms with Gasteiger partial charge < -0.3 is 9.84 Å². The quantitative estimate of drug-likeness (QED) is 0.615. The summed E-state index contributed by atoms with van der Waals surface area (Å²) < 4.78 is 4.69. The van der Waals surface area contributed by atoms with Gasteiger partial charge in [-0.05, 0) is 6.42 Å². The van der Waals surface area contributed by atoms with Crippen LogP contribution in [-0.2, 0) is 9.53 Å². The molecule has 0 saturated heterocycles. The van der Waals surface area contributed by atoms with Gasteiger partial charge >= 0.3 is 0 Å². The second-order valence-corrected chi connectivity index (χ2v) is 1.51. The summed E-state index contributed by atoms with van der Waals surface area (Å²) in [5, 5.41) is 7.42. The van der Waals surface area contributed by atoms with E-state index in [1.165, 1.54) is 0 Å². The van der Waals surface area contributed by atoms with Crippen LogP contribution in [-0.4, -0.2) is 24.8 Å². The molecule has 0 unspecified atom stereocenters. The molecule has 0 rings (SSSR count). The van der Waals surface area contributed by atoms with Crippen LogP contribution in [0.25, 0.3) is 0 Å². The Morgan fingerprint density at radius 3 is 2.00 bits per heavy atom. The van der Waals surface area contributed by atoms with E-state index < -0.39 is 5.97 Å². The molecule has 0 spiro atoms. The third-order valence-electron chi connectivity index (χ3n) is 0.408. The molecule has 0 aromatic carbocycles. The van der Waals surface area contributed by atoms with Crippen LogP contribution >= 0.6 is 0 Å². The van der Waals surface area contributed by atoms with Gasteiger partial charge in [0, 0.05) is 20.6 Å². The lowest BCUT2D eigenvalue weighted by molar-refractivity contribution is -0.134. The van der Waals surface area contributed by atoms with Crippen molar-refractivity contribution in [2.24, 2.45) is 0 Å². The van der Waals surface area contributed by atoms with Crippen molar-refractivity contribution < 1.29 is 14.6 Å². The van der Waals surface area contributed by atoms with E-state index in [1.807, 2.05) is 0 Å². The molecule has 0 bridgehead atoms. The maximum absolute atomic E-state index is 9.00.